The summed E-state index contributed by atoms with van der Waals surface area (Å²) < 4.78 is 36.8. The van der Waals surface area contributed by atoms with Gasteiger partial charge in [0.15, 0.2) is 0 Å². The molecule has 1 fully saturated rings. The highest BCUT2D eigenvalue weighted by molar-refractivity contribution is 7.88. The van der Waals surface area contributed by atoms with Gasteiger partial charge in [0.05, 0.1) is 25.7 Å². The molecule has 0 atom stereocenters. The molecule has 1 saturated heterocycles. The van der Waals surface area contributed by atoms with Crippen LogP contribution in [-0.4, -0.2) is 56.9 Å². The van der Waals surface area contributed by atoms with Gasteiger partial charge in [-0.3, -0.25) is 4.90 Å². The molecule has 140 valence electrons. The molecule has 0 unspecified atom stereocenters. The second kappa shape index (κ2) is 8.03. The number of ether oxygens (including phenoxy) is 1. The first-order valence-electron chi connectivity index (χ1n) is 8.38. The van der Waals surface area contributed by atoms with E-state index in [1.54, 1.807) is 6.07 Å². The predicted molar refractivity (Wildman–Crippen MR) is 96.0 cm³/mol. The third kappa shape index (κ3) is 4.32. The number of esters is 1. The lowest BCUT2D eigenvalue weighted by Gasteiger charge is -2.33. The molecule has 1 aliphatic heterocycles. The topological polar surface area (TPSA) is 80.1 Å². The largest absolute Gasteiger partial charge is 0.467 e. The van der Waals surface area contributed by atoms with Crippen LogP contribution in [0.15, 0.2) is 47.1 Å². The Morgan fingerprint density at radius 1 is 1.12 bits per heavy atom. The summed E-state index contributed by atoms with van der Waals surface area (Å²) >= 11 is 0. The van der Waals surface area contributed by atoms with Gasteiger partial charge in [0.1, 0.15) is 11.3 Å². The fourth-order valence-corrected chi connectivity index (χ4v) is 4.52. The number of sulfonamides is 1. The summed E-state index contributed by atoms with van der Waals surface area (Å²) in [6.45, 7) is 2.45. The molecule has 0 saturated carbocycles. The Balaban J connectivity index is 1.57. The number of piperazine rings is 1. The van der Waals surface area contributed by atoms with E-state index in [4.69, 9.17) is 9.15 Å². The molecule has 8 heteroatoms. The zero-order chi connectivity index (χ0) is 18.6. The third-order valence-electron chi connectivity index (χ3n) is 4.43. The second-order valence-corrected chi connectivity index (χ2v) is 8.13. The average Bonchev–Trinajstić information content (AvgIpc) is 3.10. The number of nitrogens with zero attached hydrogens (tertiary/aromatic N) is 2. The summed E-state index contributed by atoms with van der Waals surface area (Å²) in [5.41, 5.74) is 1.19. The fourth-order valence-electron chi connectivity index (χ4n) is 3.00. The summed E-state index contributed by atoms with van der Waals surface area (Å²) in [6.07, 6.45) is 1.46. The minimum atomic E-state index is -3.34. The van der Waals surface area contributed by atoms with Gasteiger partial charge in [-0.05, 0) is 11.6 Å². The van der Waals surface area contributed by atoms with Crippen LogP contribution in [-0.2, 0) is 27.1 Å². The van der Waals surface area contributed by atoms with E-state index in [2.05, 4.69) is 4.90 Å². The molecule has 0 spiro atoms. The number of carbonyl (C=O) groups excluding carboxylic acids is 1. The van der Waals surface area contributed by atoms with Crippen molar-refractivity contribution in [2.24, 2.45) is 0 Å². The Hall–Kier alpha value is -2.16. The van der Waals surface area contributed by atoms with Crippen molar-refractivity contribution in [1.82, 2.24) is 9.21 Å². The van der Waals surface area contributed by atoms with Crippen molar-refractivity contribution in [2.45, 2.75) is 12.3 Å². The van der Waals surface area contributed by atoms with Gasteiger partial charge < -0.3 is 9.15 Å². The molecule has 3 rings (SSSR count). The summed E-state index contributed by atoms with van der Waals surface area (Å²) in [7, 11) is -2.01. The molecule has 2 aromatic rings. The molecular formula is C18H22N2O5S. The summed E-state index contributed by atoms with van der Waals surface area (Å²) in [4.78, 5) is 13.8. The van der Waals surface area contributed by atoms with Gasteiger partial charge in [0.25, 0.3) is 0 Å². The van der Waals surface area contributed by atoms with Crippen molar-refractivity contribution < 1.29 is 22.4 Å². The molecule has 0 aliphatic carbocycles. The number of furan rings is 1. The van der Waals surface area contributed by atoms with Crippen LogP contribution in [0.1, 0.15) is 21.7 Å². The Kier molecular flexibility index (Phi) is 5.75. The van der Waals surface area contributed by atoms with Gasteiger partial charge in [0.2, 0.25) is 10.0 Å². The molecule has 0 N–H and O–H groups in total. The van der Waals surface area contributed by atoms with E-state index in [0.717, 1.165) is 5.56 Å². The maximum Gasteiger partial charge on any atom is 0.341 e. The lowest BCUT2D eigenvalue weighted by atomic mass is 10.2. The van der Waals surface area contributed by atoms with Gasteiger partial charge in [-0.2, -0.15) is 4.31 Å². The molecule has 26 heavy (non-hydrogen) atoms. The van der Waals surface area contributed by atoms with E-state index in [-0.39, 0.29) is 5.75 Å². The molecule has 0 bridgehead atoms. The molecule has 2 heterocycles. The lowest BCUT2D eigenvalue weighted by Crippen LogP contribution is -2.48. The van der Waals surface area contributed by atoms with Crippen LogP contribution >= 0.6 is 0 Å². The lowest BCUT2D eigenvalue weighted by molar-refractivity contribution is 0.0595. The van der Waals surface area contributed by atoms with Crippen LogP contribution in [0, 0.1) is 0 Å². The van der Waals surface area contributed by atoms with E-state index < -0.39 is 16.0 Å². The Labute approximate surface area is 153 Å². The molecule has 7 nitrogen and oxygen atoms in total. The van der Waals surface area contributed by atoms with Gasteiger partial charge in [-0.25, -0.2) is 13.2 Å². The first-order valence-corrected chi connectivity index (χ1v) is 9.99. The van der Waals surface area contributed by atoms with Crippen molar-refractivity contribution in [3.63, 3.8) is 0 Å². The van der Waals surface area contributed by atoms with E-state index in [1.165, 1.54) is 17.7 Å². The van der Waals surface area contributed by atoms with Gasteiger partial charge >= 0.3 is 5.97 Å². The number of rotatable bonds is 6. The quantitative estimate of drug-likeness (QED) is 0.712. The van der Waals surface area contributed by atoms with Crippen molar-refractivity contribution >= 4 is 16.0 Å². The summed E-state index contributed by atoms with van der Waals surface area (Å²) in [6, 6.07) is 10.8. The zero-order valence-electron chi connectivity index (χ0n) is 14.6. The predicted octanol–water partition coefficient (Wildman–Crippen LogP) is 1.71. The number of hydrogen-bond donors (Lipinski definition) is 0. The number of carbonyl (C=O) groups is 1. The van der Waals surface area contributed by atoms with Crippen LogP contribution in [0.2, 0.25) is 0 Å². The van der Waals surface area contributed by atoms with Gasteiger partial charge in [0, 0.05) is 26.2 Å². The molecule has 0 radical (unpaired) electrons. The Morgan fingerprint density at radius 2 is 1.81 bits per heavy atom. The number of methoxy groups -OCH3 is 1. The molecular weight excluding hydrogens is 356 g/mol. The Bertz CT molecular complexity index is 839. The van der Waals surface area contributed by atoms with Crippen LogP contribution in [0.3, 0.4) is 0 Å². The maximum atomic E-state index is 12.6. The van der Waals surface area contributed by atoms with E-state index in [9.17, 15) is 13.2 Å². The normalized spacial score (nSPS) is 16.5. The number of hydrogen-bond acceptors (Lipinski definition) is 6. The first kappa shape index (κ1) is 18.6. The van der Waals surface area contributed by atoms with E-state index >= 15 is 0 Å². The van der Waals surface area contributed by atoms with Crippen molar-refractivity contribution in [2.75, 3.05) is 33.3 Å². The van der Waals surface area contributed by atoms with Gasteiger partial charge in [-0.15, -0.1) is 0 Å². The summed E-state index contributed by atoms with van der Waals surface area (Å²) in [5, 5.41) is 0. The summed E-state index contributed by atoms with van der Waals surface area (Å²) in [5.74, 6) is 0.119. The second-order valence-electron chi connectivity index (χ2n) is 6.17. The minimum Gasteiger partial charge on any atom is -0.467 e. The van der Waals surface area contributed by atoms with E-state index in [0.29, 0.717) is 44.0 Å². The van der Waals surface area contributed by atoms with Crippen LogP contribution in [0.25, 0.3) is 0 Å². The van der Waals surface area contributed by atoms with Crippen molar-refractivity contribution in [1.29, 1.82) is 0 Å². The Morgan fingerprint density at radius 3 is 2.46 bits per heavy atom. The highest BCUT2D eigenvalue weighted by Gasteiger charge is 2.28. The van der Waals surface area contributed by atoms with E-state index in [1.807, 2.05) is 30.3 Å². The van der Waals surface area contributed by atoms with Crippen LogP contribution in [0.4, 0.5) is 0 Å². The smallest absolute Gasteiger partial charge is 0.341 e. The fraction of sp³-hybridized carbons (Fsp3) is 0.389. The molecule has 1 aromatic heterocycles. The highest BCUT2D eigenvalue weighted by Crippen LogP contribution is 2.18. The molecule has 1 aromatic carbocycles. The van der Waals surface area contributed by atoms with Crippen molar-refractivity contribution in [3.05, 3.63) is 59.5 Å². The standard InChI is InChI=1S/C18H22N2O5S/c1-24-18(21)16-7-12-25-17(16)13-19-8-10-20(11-9-19)26(22,23)14-15-5-3-2-4-6-15/h2-7,12H,8-11,13-14H2,1H3. The van der Waals surface area contributed by atoms with Gasteiger partial charge in [-0.1, -0.05) is 30.3 Å². The third-order valence-corrected chi connectivity index (χ3v) is 6.28. The monoisotopic (exact) mass is 378 g/mol. The van der Waals surface area contributed by atoms with Crippen molar-refractivity contribution in [3.8, 4) is 0 Å². The minimum absolute atomic E-state index is 0.0124. The molecule has 1 aliphatic rings. The SMILES string of the molecule is COC(=O)c1ccoc1CN1CCN(S(=O)(=O)Cc2ccccc2)CC1. The van der Waals surface area contributed by atoms with Crippen LogP contribution in [0.5, 0.6) is 0 Å². The maximum absolute atomic E-state index is 12.6. The number of benzene rings is 1. The molecule has 0 amide bonds. The zero-order valence-corrected chi connectivity index (χ0v) is 15.4. The average molecular weight is 378 g/mol. The first-order chi connectivity index (χ1) is 12.5. The highest BCUT2D eigenvalue weighted by atomic mass is 32.2. The van der Waals surface area contributed by atoms with Crippen LogP contribution < -0.4 is 0 Å².